The lowest BCUT2D eigenvalue weighted by Crippen LogP contribution is -2.58. The Balaban J connectivity index is 5.43. The number of hydrogen-bond donors (Lipinski definition) is 10. The minimum absolute atomic E-state index is 0.0360. The van der Waals surface area contributed by atoms with E-state index in [9.17, 15) is 33.9 Å². The molecule has 0 heterocycles. The van der Waals surface area contributed by atoms with Crippen molar-refractivity contribution >= 4 is 54.1 Å². The van der Waals surface area contributed by atoms with Crippen molar-refractivity contribution < 1.29 is 33.9 Å². The summed E-state index contributed by atoms with van der Waals surface area (Å²) >= 11 is 3.99. The van der Waals surface area contributed by atoms with Crippen LogP contribution >= 0.6 is 12.6 Å². The smallest absolute Gasteiger partial charge is 0.326 e. The number of nitrogens with zero attached hydrogens (tertiary/aromatic N) is 1. The van der Waals surface area contributed by atoms with Crippen molar-refractivity contribution in [1.29, 1.82) is 0 Å². The molecule has 0 saturated heterocycles. The number of thiol groups is 1. The average Bonchev–Trinajstić information content (AvgIpc) is 2.71. The van der Waals surface area contributed by atoms with Crippen LogP contribution in [0.25, 0.3) is 0 Å². The lowest BCUT2D eigenvalue weighted by molar-refractivity contribution is -0.143. The number of nitrogens with one attached hydrogen (secondary N) is 3. The van der Waals surface area contributed by atoms with Gasteiger partial charge in [-0.1, -0.05) is 0 Å². The molecule has 0 aromatic heterocycles. The summed E-state index contributed by atoms with van der Waals surface area (Å²) in [6, 6.07) is -5.50. The number of carbonyl (C=O) groups excluding carboxylic acids is 5. The van der Waals surface area contributed by atoms with Gasteiger partial charge in [-0.15, -0.1) is 0 Å². The highest BCUT2D eigenvalue weighted by molar-refractivity contribution is 7.80. The molecule has 0 fully saturated rings. The first-order chi connectivity index (χ1) is 15.8. The summed E-state index contributed by atoms with van der Waals surface area (Å²) in [5.74, 6) is -6.33. The van der Waals surface area contributed by atoms with Crippen molar-refractivity contribution in [3.8, 4) is 0 Å². The number of rotatable bonds is 16. The van der Waals surface area contributed by atoms with Gasteiger partial charge in [0.25, 0.3) is 0 Å². The Morgan fingerprint density at radius 3 is 1.76 bits per heavy atom. The molecule has 0 radical (unpaired) electrons. The number of aliphatic imine (C=N–C) groups is 1. The number of nitrogens with two attached hydrogens (primary N) is 5. The number of primary amides is 2. The molecule has 5 amide bonds. The summed E-state index contributed by atoms with van der Waals surface area (Å²) in [6.07, 6.45) is -0.973. The zero-order valence-electron chi connectivity index (χ0n) is 18.2. The summed E-state index contributed by atoms with van der Waals surface area (Å²) in [7, 11) is 0. The Kier molecular flexibility index (Phi) is 13.7. The van der Waals surface area contributed by atoms with Crippen molar-refractivity contribution in [2.45, 2.75) is 49.9 Å². The van der Waals surface area contributed by atoms with Gasteiger partial charge in [0.1, 0.15) is 18.1 Å². The summed E-state index contributed by atoms with van der Waals surface area (Å²) in [6.45, 7) is 0.0976. The lowest BCUT2D eigenvalue weighted by Gasteiger charge is -2.24. The number of amides is 5. The third kappa shape index (κ3) is 12.4. The Morgan fingerprint density at radius 1 is 0.794 bits per heavy atom. The number of carboxylic acids is 1. The lowest BCUT2D eigenvalue weighted by atomic mass is 10.1. The maximum Gasteiger partial charge on any atom is 0.326 e. The standard InChI is InChI=1S/C17H31N9O7S/c18-7(4-11(19)27)13(29)26-10(6-34)15(31)24-8(2-1-3-23-17(21)22)14(30)25-9(16(32)33)5-12(20)28/h7-10,34H,1-6,18H2,(H2,19,27)(H2,20,28)(H,24,31)(H,25,30)(H,26,29)(H,32,33)(H4,21,22,23). The first-order valence-electron chi connectivity index (χ1n) is 9.90. The minimum atomic E-state index is -1.63. The van der Waals surface area contributed by atoms with Gasteiger partial charge < -0.3 is 49.7 Å². The van der Waals surface area contributed by atoms with Gasteiger partial charge in [-0.25, -0.2) is 4.79 Å². The van der Waals surface area contributed by atoms with Crippen LogP contribution < -0.4 is 44.6 Å². The molecule has 16 nitrogen and oxygen atoms in total. The topological polar surface area (TPSA) is 301 Å². The van der Waals surface area contributed by atoms with Gasteiger partial charge in [0.15, 0.2) is 5.96 Å². The van der Waals surface area contributed by atoms with E-state index < -0.39 is 72.5 Å². The Hall–Kier alpha value is -3.60. The molecule has 0 aliphatic rings. The first kappa shape index (κ1) is 30.4. The van der Waals surface area contributed by atoms with E-state index in [2.05, 4.69) is 33.6 Å². The molecule has 0 saturated carbocycles. The molecule has 0 aromatic carbocycles. The monoisotopic (exact) mass is 505 g/mol. The number of carbonyl (C=O) groups is 6. The molecule has 17 heteroatoms. The van der Waals surface area contributed by atoms with E-state index in [1.54, 1.807) is 0 Å². The van der Waals surface area contributed by atoms with Crippen molar-refractivity contribution in [3.63, 3.8) is 0 Å². The van der Waals surface area contributed by atoms with Gasteiger partial charge in [0.2, 0.25) is 29.5 Å². The molecule has 0 aromatic rings. The van der Waals surface area contributed by atoms with Crippen LogP contribution in [-0.4, -0.2) is 83.0 Å². The number of aliphatic carboxylic acids is 1. The van der Waals surface area contributed by atoms with Crippen LogP contribution in [0.2, 0.25) is 0 Å². The molecule has 0 bridgehead atoms. The second kappa shape index (κ2) is 15.3. The van der Waals surface area contributed by atoms with E-state index in [-0.39, 0.29) is 31.1 Å². The third-order valence-electron chi connectivity index (χ3n) is 4.17. The van der Waals surface area contributed by atoms with E-state index in [4.69, 9.17) is 28.7 Å². The maximum atomic E-state index is 12.7. The SMILES string of the molecule is NC(=O)CC(N)C(=O)NC(CS)C(=O)NC(CCCN=C(N)N)C(=O)NC(CC(N)=O)C(=O)O. The summed E-state index contributed by atoms with van der Waals surface area (Å²) < 4.78 is 0. The van der Waals surface area contributed by atoms with Crippen LogP contribution in [0, 0.1) is 0 Å². The van der Waals surface area contributed by atoms with Crippen LogP contribution in [0.5, 0.6) is 0 Å². The summed E-state index contributed by atoms with van der Waals surface area (Å²) in [5, 5.41) is 16.0. The van der Waals surface area contributed by atoms with Gasteiger partial charge in [-0.05, 0) is 12.8 Å². The Morgan fingerprint density at radius 2 is 1.29 bits per heavy atom. The molecule has 0 aliphatic heterocycles. The Bertz CT molecular complexity index is 804. The largest absolute Gasteiger partial charge is 0.480 e. The highest BCUT2D eigenvalue weighted by Crippen LogP contribution is 2.03. The van der Waals surface area contributed by atoms with E-state index in [1.807, 2.05) is 0 Å². The number of hydrogen-bond acceptors (Lipinski definition) is 9. The van der Waals surface area contributed by atoms with Gasteiger partial charge in [-0.2, -0.15) is 12.6 Å². The van der Waals surface area contributed by atoms with Crippen LogP contribution in [0.15, 0.2) is 4.99 Å². The van der Waals surface area contributed by atoms with Crippen LogP contribution in [0.3, 0.4) is 0 Å². The second-order valence-corrected chi connectivity index (χ2v) is 7.47. The molecular weight excluding hydrogens is 474 g/mol. The van der Waals surface area contributed by atoms with E-state index in [1.165, 1.54) is 0 Å². The minimum Gasteiger partial charge on any atom is -0.480 e. The fourth-order valence-corrected chi connectivity index (χ4v) is 2.76. The summed E-state index contributed by atoms with van der Waals surface area (Å²) in [4.78, 5) is 74.5. The van der Waals surface area contributed by atoms with Gasteiger partial charge in [0, 0.05) is 12.3 Å². The maximum absolute atomic E-state index is 12.7. The quantitative estimate of drug-likeness (QED) is 0.0410. The van der Waals surface area contributed by atoms with Crippen molar-refractivity contribution in [1.82, 2.24) is 16.0 Å². The Labute approximate surface area is 200 Å². The second-order valence-electron chi connectivity index (χ2n) is 7.10. The van der Waals surface area contributed by atoms with Crippen LogP contribution in [-0.2, 0) is 28.8 Å². The summed E-state index contributed by atoms with van der Waals surface area (Å²) in [5.41, 5.74) is 26.0. The van der Waals surface area contributed by atoms with Crippen molar-refractivity contribution in [2.75, 3.05) is 12.3 Å². The normalized spacial score (nSPS) is 13.9. The average molecular weight is 506 g/mol. The fraction of sp³-hybridized carbons (Fsp3) is 0.588. The predicted octanol–water partition coefficient (Wildman–Crippen LogP) is -5.41. The predicted molar refractivity (Wildman–Crippen MR) is 123 cm³/mol. The molecule has 4 unspecified atom stereocenters. The highest BCUT2D eigenvalue weighted by atomic mass is 32.1. The molecule has 34 heavy (non-hydrogen) atoms. The van der Waals surface area contributed by atoms with E-state index in [0.29, 0.717) is 0 Å². The molecule has 192 valence electrons. The van der Waals surface area contributed by atoms with Crippen molar-refractivity contribution in [3.05, 3.63) is 0 Å². The third-order valence-corrected chi connectivity index (χ3v) is 4.54. The molecular formula is C17H31N9O7S. The van der Waals surface area contributed by atoms with Gasteiger partial charge >= 0.3 is 5.97 Å². The zero-order valence-corrected chi connectivity index (χ0v) is 19.1. The molecule has 0 aliphatic carbocycles. The zero-order chi connectivity index (χ0) is 26.4. The number of carboxylic acid groups (broad SMARTS) is 1. The fourth-order valence-electron chi connectivity index (χ4n) is 2.50. The van der Waals surface area contributed by atoms with Crippen LogP contribution in [0.1, 0.15) is 25.7 Å². The van der Waals surface area contributed by atoms with Crippen molar-refractivity contribution in [2.24, 2.45) is 33.7 Å². The molecule has 4 atom stereocenters. The van der Waals surface area contributed by atoms with Gasteiger partial charge in [-0.3, -0.25) is 29.0 Å². The highest BCUT2D eigenvalue weighted by Gasteiger charge is 2.30. The number of guanidine groups is 1. The molecule has 14 N–H and O–H groups in total. The van der Waals surface area contributed by atoms with Crippen LogP contribution in [0.4, 0.5) is 0 Å². The first-order valence-corrected chi connectivity index (χ1v) is 10.5. The molecule has 0 spiro atoms. The van der Waals surface area contributed by atoms with Gasteiger partial charge in [0.05, 0.1) is 18.9 Å². The van der Waals surface area contributed by atoms with E-state index in [0.717, 1.165) is 0 Å². The molecule has 0 rings (SSSR count). The van der Waals surface area contributed by atoms with E-state index >= 15 is 0 Å².